The fourth-order valence-electron chi connectivity index (χ4n) is 2.57. The second-order valence-electron chi connectivity index (χ2n) is 5.72. The Labute approximate surface area is 136 Å². The number of benzene rings is 1. The summed E-state index contributed by atoms with van der Waals surface area (Å²) in [4.78, 5) is 0. The Morgan fingerprint density at radius 2 is 1.76 bits per heavy atom. The largest absolute Gasteiger partial charge is 0.486 e. The predicted molar refractivity (Wildman–Crippen MR) is 91.6 cm³/mol. The van der Waals surface area contributed by atoms with Gasteiger partial charge in [-0.1, -0.05) is 39.0 Å². The normalized spacial score (nSPS) is 14.8. The minimum absolute atomic E-state index is 0.463. The first kappa shape index (κ1) is 16.5. The van der Waals surface area contributed by atoms with Crippen LogP contribution < -0.4 is 14.8 Å². The van der Waals surface area contributed by atoms with Crippen LogP contribution in [0.1, 0.15) is 52.4 Å². The van der Waals surface area contributed by atoms with Crippen molar-refractivity contribution in [3.8, 4) is 11.5 Å². The molecular weight excluding hydrogens is 330 g/mol. The Morgan fingerprint density at radius 1 is 1.10 bits per heavy atom. The second kappa shape index (κ2) is 8.52. The lowest BCUT2D eigenvalue weighted by atomic mass is 10.1. The van der Waals surface area contributed by atoms with E-state index >= 15 is 0 Å². The number of unbranched alkanes of at least 4 members (excludes halogenated alkanes) is 4. The molecule has 0 spiro atoms. The lowest BCUT2D eigenvalue weighted by Crippen LogP contribution is -2.18. The Morgan fingerprint density at radius 3 is 2.48 bits per heavy atom. The van der Waals surface area contributed by atoms with E-state index in [1.807, 2.05) is 12.1 Å². The van der Waals surface area contributed by atoms with Crippen LogP contribution in [0.5, 0.6) is 11.5 Å². The molecule has 2 rings (SSSR count). The molecule has 1 atom stereocenters. The van der Waals surface area contributed by atoms with Crippen LogP contribution in [0.2, 0.25) is 0 Å². The molecular formula is C17H26BrNO2. The van der Waals surface area contributed by atoms with Gasteiger partial charge >= 0.3 is 0 Å². The van der Waals surface area contributed by atoms with Gasteiger partial charge in [0.15, 0.2) is 11.5 Å². The summed E-state index contributed by atoms with van der Waals surface area (Å²) in [6.45, 7) is 5.74. The maximum atomic E-state index is 5.64. The molecule has 1 N–H and O–H groups in total. The fraction of sp³-hybridized carbons (Fsp3) is 0.647. The standard InChI is InChI=1S/C17H26BrNO2/c1-3-4-5-6-7-8-13(2)19-15-12-17-16(11-14(15)18)20-9-10-21-17/h11-13,19H,3-10H2,1-2H3. The Kier molecular flexibility index (Phi) is 6.68. The summed E-state index contributed by atoms with van der Waals surface area (Å²) in [5.41, 5.74) is 1.08. The van der Waals surface area contributed by atoms with E-state index in [0.717, 1.165) is 21.7 Å². The van der Waals surface area contributed by atoms with Crippen LogP contribution in [0, 0.1) is 0 Å². The summed E-state index contributed by atoms with van der Waals surface area (Å²) in [5, 5.41) is 3.57. The van der Waals surface area contributed by atoms with Crippen molar-refractivity contribution >= 4 is 21.6 Å². The predicted octanol–water partition coefficient (Wildman–Crippen LogP) is 5.38. The molecule has 1 aliphatic heterocycles. The van der Waals surface area contributed by atoms with Gasteiger partial charge in [0.2, 0.25) is 0 Å². The number of hydrogen-bond donors (Lipinski definition) is 1. The average molecular weight is 356 g/mol. The summed E-state index contributed by atoms with van der Waals surface area (Å²) in [7, 11) is 0. The third-order valence-electron chi connectivity index (χ3n) is 3.77. The van der Waals surface area contributed by atoms with Crippen molar-refractivity contribution in [3.63, 3.8) is 0 Å². The molecule has 0 amide bonds. The van der Waals surface area contributed by atoms with E-state index < -0.39 is 0 Å². The lowest BCUT2D eigenvalue weighted by molar-refractivity contribution is 0.171. The maximum absolute atomic E-state index is 5.64. The van der Waals surface area contributed by atoms with Crippen LogP contribution >= 0.6 is 15.9 Å². The molecule has 0 saturated carbocycles. The van der Waals surface area contributed by atoms with Gasteiger partial charge in [-0.05, 0) is 29.3 Å². The van der Waals surface area contributed by atoms with Crippen molar-refractivity contribution in [3.05, 3.63) is 16.6 Å². The molecule has 0 radical (unpaired) electrons. The van der Waals surface area contributed by atoms with Crippen molar-refractivity contribution in [1.82, 2.24) is 0 Å². The molecule has 21 heavy (non-hydrogen) atoms. The zero-order valence-corrected chi connectivity index (χ0v) is 14.7. The topological polar surface area (TPSA) is 30.5 Å². The van der Waals surface area contributed by atoms with Crippen molar-refractivity contribution in [2.24, 2.45) is 0 Å². The van der Waals surface area contributed by atoms with Crippen molar-refractivity contribution in [2.75, 3.05) is 18.5 Å². The summed E-state index contributed by atoms with van der Waals surface area (Å²) in [6, 6.07) is 4.49. The molecule has 1 unspecified atom stereocenters. The molecule has 1 aromatic rings. The molecule has 0 fully saturated rings. The highest BCUT2D eigenvalue weighted by atomic mass is 79.9. The number of ether oxygens (including phenoxy) is 2. The number of fused-ring (bicyclic) bond motifs is 1. The van der Waals surface area contributed by atoms with Gasteiger partial charge in [0.1, 0.15) is 13.2 Å². The quantitative estimate of drug-likeness (QED) is 0.634. The third-order valence-corrected chi connectivity index (χ3v) is 4.43. The third kappa shape index (κ3) is 5.10. The average Bonchev–Trinajstić information content (AvgIpc) is 2.48. The molecule has 3 nitrogen and oxygen atoms in total. The van der Waals surface area contributed by atoms with E-state index in [4.69, 9.17) is 9.47 Å². The fourth-order valence-corrected chi connectivity index (χ4v) is 3.00. The Bertz CT molecular complexity index is 451. The highest BCUT2D eigenvalue weighted by Gasteiger charge is 2.15. The molecule has 1 aromatic carbocycles. The van der Waals surface area contributed by atoms with E-state index in [9.17, 15) is 0 Å². The van der Waals surface area contributed by atoms with Gasteiger partial charge in [-0.2, -0.15) is 0 Å². The van der Waals surface area contributed by atoms with Crippen LogP contribution in [0.4, 0.5) is 5.69 Å². The minimum atomic E-state index is 0.463. The van der Waals surface area contributed by atoms with Crippen LogP contribution in [0.15, 0.2) is 16.6 Å². The number of anilines is 1. The molecule has 0 saturated heterocycles. The van der Waals surface area contributed by atoms with Gasteiger partial charge < -0.3 is 14.8 Å². The van der Waals surface area contributed by atoms with E-state index in [1.54, 1.807) is 0 Å². The van der Waals surface area contributed by atoms with Gasteiger partial charge in [0.25, 0.3) is 0 Å². The first-order valence-corrected chi connectivity index (χ1v) is 8.85. The van der Waals surface area contributed by atoms with Gasteiger partial charge in [-0.15, -0.1) is 0 Å². The van der Waals surface area contributed by atoms with Crippen LogP contribution in [-0.4, -0.2) is 19.3 Å². The molecule has 1 heterocycles. The molecule has 0 aromatic heterocycles. The molecule has 0 bridgehead atoms. The smallest absolute Gasteiger partial charge is 0.163 e. The van der Waals surface area contributed by atoms with Crippen molar-refractivity contribution in [1.29, 1.82) is 0 Å². The first-order valence-electron chi connectivity index (χ1n) is 8.06. The minimum Gasteiger partial charge on any atom is -0.486 e. The highest BCUT2D eigenvalue weighted by molar-refractivity contribution is 9.10. The van der Waals surface area contributed by atoms with E-state index in [-0.39, 0.29) is 0 Å². The van der Waals surface area contributed by atoms with Crippen LogP contribution in [0.25, 0.3) is 0 Å². The molecule has 118 valence electrons. The SMILES string of the molecule is CCCCCCCC(C)Nc1cc2c(cc1Br)OCCO2. The van der Waals surface area contributed by atoms with Gasteiger partial charge in [0.05, 0.1) is 5.69 Å². The number of rotatable bonds is 8. The first-order chi connectivity index (χ1) is 10.2. The summed E-state index contributed by atoms with van der Waals surface area (Å²) >= 11 is 3.61. The summed E-state index contributed by atoms with van der Waals surface area (Å²) in [5.74, 6) is 1.66. The zero-order valence-electron chi connectivity index (χ0n) is 13.1. The maximum Gasteiger partial charge on any atom is 0.163 e. The van der Waals surface area contributed by atoms with Gasteiger partial charge in [-0.3, -0.25) is 0 Å². The second-order valence-corrected chi connectivity index (χ2v) is 6.58. The Hall–Kier alpha value is -0.900. The van der Waals surface area contributed by atoms with Crippen LogP contribution in [0.3, 0.4) is 0 Å². The zero-order chi connectivity index (χ0) is 15.1. The highest BCUT2D eigenvalue weighted by Crippen LogP contribution is 2.38. The summed E-state index contributed by atoms with van der Waals surface area (Å²) in [6.07, 6.45) is 7.84. The molecule has 4 heteroatoms. The van der Waals surface area contributed by atoms with Gasteiger partial charge in [0, 0.05) is 22.6 Å². The van der Waals surface area contributed by atoms with Crippen molar-refractivity contribution < 1.29 is 9.47 Å². The van der Waals surface area contributed by atoms with E-state index in [1.165, 1.54) is 38.5 Å². The number of hydrogen-bond acceptors (Lipinski definition) is 3. The lowest BCUT2D eigenvalue weighted by Gasteiger charge is -2.22. The van der Waals surface area contributed by atoms with E-state index in [2.05, 4.69) is 35.1 Å². The van der Waals surface area contributed by atoms with E-state index in [0.29, 0.717) is 19.3 Å². The molecule has 1 aliphatic rings. The van der Waals surface area contributed by atoms with Gasteiger partial charge in [-0.25, -0.2) is 0 Å². The monoisotopic (exact) mass is 355 g/mol. The number of nitrogens with one attached hydrogen (secondary N) is 1. The molecule has 0 aliphatic carbocycles. The Balaban J connectivity index is 1.84. The summed E-state index contributed by atoms with van der Waals surface area (Å²) < 4.78 is 12.3. The van der Waals surface area contributed by atoms with Crippen molar-refractivity contribution in [2.45, 2.75) is 58.4 Å². The number of halogens is 1. The van der Waals surface area contributed by atoms with Crippen LogP contribution in [-0.2, 0) is 0 Å².